The maximum absolute atomic E-state index is 13.8. The first kappa shape index (κ1) is 27.7. The first-order valence-electron chi connectivity index (χ1n) is 13.5. The zero-order valence-electron chi connectivity index (χ0n) is 23.4. The molecule has 0 bridgehead atoms. The van der Waals surface area contributed by atoms with Gasteiger partial charge in [0.2, 0.25) is 0 Å². The number of esters is 1. The number of carbonyl (C=O) groups excluding carboxylic acids is 2. The van der Waals surface area contributed by atoms with Gasteiger partial charge in [0.25, 0.3) is 5.91 Å². The Bertz CT molecular complexity index is 1830. The molecule has 3 heterocycles. The second-order valence-corrected chi connectivity index (χ2v) is 12.0. The third-order valence-electron chi connectivity index (χ3n) is 7.46. The number of anilines is 2. The van der Waals surface area contributed by atoms with Crippen LogP contribution in [0.5, 0.6) is 11.5 Å². The van der Waals surface area contributed by atoms with Crippen molar-refractivity contribution in [3.05, 3.63) is 75.5 Å². The number of aryl methyl sites for hydroxylation is 1. The molecule has 1 amide bonds. The zero-order chi connectivity index (χ0) is 29.4. The van der Waals surface area contributed by atoms with Gasteiger partial charge in [-0.3, -0.25) is 4.79 Å². The third kappa shape index (κ3) is 4.86. The summed E-state index contributed by atoms with van der Waals surface area (Å²) in [5.41, 5.74) is 11.7. The van der Waals surface area contributed by atoms with Gasteiger partial charge in [-0.2, -0.15) is 0 Å². The van der Waals surface area contributed by atoms with Crippen LogP contribution in [0, 0.1) is 0 Å². The van der Waals surface area contributed by atoms with Crippen LogP contribution in [0.1, 0.15) is 43.3 Å². The Kier molecular flexibility index (Phi) is 7.57. The van der Waals surface area contributed by atoms with Gasteiger partial charge in [-0.1, -0.05) is 30.3 Å². The van der Waals surface area contributed by atoms with E-state index in [9.17, 15) is 9.59 Å². The zero-order valence-corrected chi connectivity index (χ0v) is 25.0. The Morgan fingerprint density at radius 1 is 0.929 bits per heavy atom. The number of ether oxygens (including phenoxy) is 3. The average Bonchev–Trinajstić information content (AvgIpc) is 3.57. The molecule has 3 N–H and O–H groups in total. The molecular weight excluding hydrogens is 571 g/mol. The van der Waals surface area contributed by atoms with Crippen molar-refractivity contribution in [2.24, 2.45) is 0 Å². The predicted octanol–water partition coefficient (Wildman–Crippen LogP) is 7.21. The average molecular weight is 600 g/mol. The number of carbonyl (C=O) groups is 2. The second-order valence-electron chi connectivity index (χ2n) is 9.87. The Morgan fingerprint density at radius 2 is 1.71 bits per heavy atom. The third-order valence-corrected chi connectivity index (χ3v) is 9.76. The predicted molar refractivity (Wildman–Crippen MR) is 168 cm³/mol. The maximum atomic E-state index is 13.8. The fourth-order valence-corrected chi connectivity index (χ4v) is 7.70. The molecule has 0 unspecified atom stereocenters. The number of amides is 1. The van der Waals surface area contributed by atoms with Gasteiger partial charge in [0.1, 0.15) is 26.2 Å². The van der Waals surface area contributed by atoms with E-state index in [0.717, 1.165) is 58.5 Å². The Balaban J connectivity index is 1.51. The lowest BCUT2D eigenvalue weighted by Gasteiger charge is -2.14. The van der Waals surface area contributed by atoms with Crippen molar-refractivity contribution < 1.29 is 23.8 Å². The summed E-state index contributed by atoms with van der Waals surface area (Å²) in [6.07, 6.45) is 3.71. The van der Waals surface area contributed by atoms with E-state index in [1.54, 1.807) is 14.2 Å². The van der Waals surface area contributed by atoms with Crippen molar-refractivity contribution >= 4 is 55.5 Å². The molecule has 1 aliphatic carbocycles. The molecule has 6 rings (SSSR count). The molecular formula is C32H29N3O5S2. The number of nitrogens with two attached hydrogens (primary N) is 1. The number of benzene rings is 2. The van der Waals surface area contributed by atoms with E-state index < -0.39 is 11.9 Å². The molecule has 42 heavy (non-hydrogen) atoms. The van der Waals surface area contributed by atoms with E-state index in [0.29, 0.717) is 42.8 Å². The lowest BCUT2D eigenvalue weighted by molar-refractivity contribution is 0.0601. The molecule has 3 aromatic heterocycles. The summed E-state index contributed by atoms with van der Waals surface area (Å²) in [6.45, 7) is 0. The van der Waals surface area contributed by atoms with Crippen LogP contribution >= 0.6 is 22.7 Å². The molecule has 214 valence electrons. The van der Waals surface area contributed by atoms with Crippen molar-refractivity contribution in [1.82, 2.24) is 4.98 Å². The van der Waals surface area contributed by atoms with Crippen LogP contribution in [-0.2, 0) is 17.6 Å². The van der Waals surface area contributed by atoms with Crippen LogP contribution in [0.25, 0.3) is 32.6 Å². The number of methoxy groups -OCH3 is 3. The monoisotopic (exact) mass is 599 g/mol. The van der Waals surface area contributed by atoms with E-state index in [2.05, 4.69) is 5.32 Å². The molecule has 0 spiro atoms. The molecule has 0 aliphatic heterocycles. The first-order valence-corrected chi connectivity index (χ1v) is 15.1. The highest BCUT2D eigenvalue weighted by Gasteiger charge is 2.29. The smallest absolute Gasteiger partial charge is 0.341 e. The first-order chi connectivity index (χ1) is 20.4. The molecule has 0 saturated heterocycles. The van der Waals surface area contributed by atoms with Gasteiger partial charge in [-0.15, -0.1) is 22.7 Å². The van der Waals surface area contributed by atoms with E-state index >= 15 is 0 Å². The minimum Gasteiger partial charge on any atom is -0.497 e. The number of nitrogens with zero attached hydrogens (tertiary/aromatic N) is 1. The van der Waals surface area contributed by atoms with Crippen molar-refractivity contribution in [2.75, 3.05) is 32.4 Å². The molecule has 0 fully saturated rings. The van der Waals surface area contributed by atoms with Gasteiger partial charge >= 0.3 is 5.97 Å². The fraction of sp³-hybridized carbons (Fsp3) is 0.219. The highest BCUT2D eigenvalue weighted by atomic mass is 32.1. The van der Waals surface area contributed by atoms with Crippen molar-refractivity contribution in [3.8, 4) is 33.9 Å². The summed E-state index contributed by atoms with van der Waals surface area (Å²) >= 11 is 2.65. The van der Waals surface area contributed by atoms with Gasteiger partial charge in [-0.25, -0.2) is 9.78 Å². The lowest BCUT2D eigenvalue weighted by atomic mass is 9.95. The maximum Gasteiger partial charge on any atom is 0.341 e. The summed E-state index contributed by atoms with van der Waals surface area (Å²) < 4.78 is 16.3. The number of hydrogen-bond acceptors (Lipinski definition) is 9. The Labute approximate surface area is 251 Å². The minimum atomic E-state index is -0.449. The second kappa shape index (κ2) is 11.5. The van der Waals surface area contributed by atoms with Crippen LogP contribution in [0.3, 0.4) is 0 Å². The van der Waals surface area contributed by atoms with Crippen LogP contribution in [0.15, 0.2) is 54.6 Å². The summed E-state index contributed by atoms with van der Waals surface area (Å²) in [7, 11) is 4.57. The number of thiophene rings is 2. The van der Waals surface area contributed by atoms with Crippen LogP contribution < -0.4 is 20.5 Å². The van der Waals surface area contributed by atoms with Crippen LogP contribution in [-0.4, -0.2) is 38.2 Å². The van der Waals surface area contributed by atoms with Crippen LogP contribution in [0.2, 0.25) is 0 Å². The number of fused-ring (bicyclic) bond motifs is 2. The molecule has 0 atom stereocenters. The van der Waals surface area contributed by atoms with Gasteiger partial charge in [0, 0.05) is 27.0 Å². The molecule has 0 saturated carbocycles. The Hall–Kier alpha value is -4.41. The van der Waals surface area contributed by atoms with Crippen molar-refractivity contribution in [1.29, 1.82) is 0 Å². The number of rotatable bonds is 7. The number of hydrogen-bond donors (Lipinski definition) is 2. The van der Waals surface area contributed by atoms with Gasteiger partial charge in [0.05, 0.1) is 38.3 Å². The number of pyridine rings is 1. The molecule has 2 aromatic carbocycles. The van der Waals surface area contributed by atoms with Crippen molar-refractivity contribution in [3.63, 3.8) is 0 Å². The minimum absolute atomic E-state index is 0.306. The lowest BCUT2D eigenvalue weighted by Crippen LogP contribution is -2.15. The topological polar surface area (TPSA) is 113 Å². The standard InChI is InChI=1S/C32H29N3O5S2/c1-38-18-13-14-23(39-2)20(15-18)21-16-22(17-9-5-4-6-10-17)34-30-25(21)27(33)28(42-30)29(36)35-31-26(32(37)40-3)19-11-7-8-12-24(19)41-31/h4-6,9-10,13-16H,7-8,11-12,33H2,1-3H3,(H,35,36). The van der Waals surface area contributed by atoms with E-state index in [4.69, 9.17) is 24.9 Å². The molecule has 8 nitrogen and oxygen atoms in total. The highest BCUT2D eigenvalue weighted by Crippen LogP contribution is 2.45. The number of aromatic nitrogens is 1. The summed E-state index contributed by atoms with van der Waals surface area (Å²) in [6, 6.07) is 17.3. The number of nitrogen functional groups attached to an aromatic ring is 1. The summed E-state index contributed by atoms with van der Waals surface area (Å²) in [4.78, 5) is 33.5. The van der Waals surface area contributed by atoms with Gasteiger partial charge < -0.3 is 25.3 Å². The van der Waals surface area contributed by atoms with Gasteiger partial charge in [0.15, 0.2) is 0 Å². The molecule has 0 radical (unpaired) electrons. The van der Waals surface area contributed by atoms with Crippen LogP contribution in [0.4, 0.5) is 10.7 Å². The molecule has 1 aliphatic rings. The highest BCUT2D eigenvalue weighted by molar-refractivity contribution is 7.21. The fourth-order valence-electron chi connectivity index (χ4n) is 5.42. The van der Waals surface area contributed by atoms with E-state index in [-0.39, 0.29) is 0 Å². The quantitative estimate of drug-likeness (QED) is 0.190. The summed E-state index contributed by atoms with van der Waals surface area (Å²) in [5, 5.41) is 4.12. The SMILES string of the molecule is COC(=O)c1c(NC(=O)c2sc3nc(-c4ccccc4)cc(-c4cc(OC)ccc4OC)c3c2N)sc2c1CCCC2. The largest absolute Gasteiger partial charge is 0.497 e. The normalized spacial score (nSPS) is 12.5. The molecule has 5 aromatic rings. The van der Waals surface area contributed by atoms with Crippen molar-refractivity contribution in [2.45, 2.75) is 25.7 Å². The van der Waals surface area contributed by atoms with E-state index in [1.165, 1.54) is 29.8 Å². The number of nitrogens with one attached hydrogen (secondary N) is 1. The van der Waals surface area contributed by atoms with Gasteiger partial charge in [-0.05, 0) is 55.5 Å². The molecule has 10 heteroatoms. The summed E-state index contributed by atoms with van der Waals surface area (Å²) in [5.74, 6) is 0.436. The Morgan fingerprint density at radius 3 is 2.45 bits per heavy atom. The van der Waals surface area contributed by atoms with E-state index in [1.807, 2.05) is 54.6 Å².